The summed E-state index contributed by atoms with van der Waals surface area (Å²) in [5.74, 6) is -1.18. The number of carbonyl (C=O) groups excluding carboxylic acids is 1. The number of fused-ring (bicyclic) bond motifs is 1. The number of carbonyl (C=O) groups is 2. The van der Waals surface area contributed by atoms with Crippen molar-refractivity contribution >= 4 is 17.4 Å². The first kappa shape index (κ1) is 13.4. The fourth-order valence-corrected chi connectivity index (χ4v) is 2.20. The molecule has 2 N–H and O–H groups in total. The first-order valence-corrected chi connectivity index (χ1v) is 6.26. The van der Waals surface area contributed by atoms with E-state index >= 15 is 0 Å². The van der Waals surface area contributed by atoms with Crippen molar-refractivity contribution in [3.63, 3.8) is 0 Å². The Hall–Kier alpha value is -2.04. The van der Waals surface area contributed by atoms with E-state index in [0.29, 0.717) is 24.5 Å². The van der Waals surface area contributed by atoms with Crippen LogP contribution >= 0.6 is 0 Å². The van der Waals surface area contributed by atoms with Gasteiger partial charge in [0.15, 0.2) is 11.5 Å². The monoisotopic (exact) mass is 263 g/mol. The molecule has 1 aliphatic heterocycles. The molecule has 1 unspecified atom stereocenters. The van der Waals surface area contributed by atoms with Gasteiger partial charge in [0.25, 0.3) is 0 Å². The van der Waals surface area contributed by atoms with E-state index in [1.165, 1.54) is 0 Å². The highest BCUT2D eigenvalue weighted by molar-refractivity contribution is 6.03. The van der Waals surface area contributed by atoms with Gasteiger partial charge in [0.05, 0.1) is 17.7 Å². The topological polar surface area (TPSA) is 75.6 Å². The quantitative estimate of drug-likeness (QED) is 0.813. The van der Waals surface area contributed by atoms with Crippen LogP contribution in [0.25, 0.3) is 0 Å². The van der Waals surface area contributed by atoms with Gasteiger partial charge in [-0.15, -0.1) is 0 Å². The van der Waals surface area contributed by atoms with Gasteiger partial charge in [-0.25, -0.2) is 0 Å². The molecule has 0 aliphatic carbocycles. The molecule has 0 radical (unpaired) electrons. The number of hydrogen-bond donors (Lipinski definition) is 2. The number of aryl methyl sites for hydroxylation is 1. The molecule has 5 heteroatoms. The molecule has 0 amide bonds. The maximum Gasteiger partial charge on any atom is 0.304 e. The fourth-order valence-electron chi connectivity index (χ4n) is 2.20. The number of benzene rings is 1. The second kappa shape index (κ2) is 5.30. The van der Waals surface area contributed by atoms with Crippen molar-refractivity contribution in [3.05, 3.63) is 23.3 Å². The summed E-state index contributed by atoms with van der Waals surface area (Å²) in [7, 11) is 0. The van der Waals surface area contributed by atoms with Gasteiger partial charge < -0.3 is 15.2 Å². The van der Waals surface area contributed by atoms with E-state index in [4.69, 9.17) is 9.84 Å². The van der Waals surface area contributed by atoms with Crippen LogP contribution in [0.4, 0.5) is 5.69 Å². The summed E-state index contributed by atoms with van der Waals surface area (Å²) in [5.41, 5.74) is 2.22. The Morgan fingerprint density at radius 3 is 2.89 bits per heavy atom. The summed E-state index contributed by atoms with van der Waals surface area (Å²) in [6.07, 6.45) is -0.172. The van der Waals surface area contributed by atoms with Gasteiger partial charge >= 0.3 is 5.97 Å². The number of nitrogens with one attached hydrogen (secondary N) is 1. The van der Waals surface area contributed by atoms with E-state index in [1.807, 2.05) is 13.0 Å². The van der Waals surface area contributed by atoms with Crippen LogP contribution in [-0.4, -0.2) is 30.0 Å². The standard InChI is InChI=1S/C14H17NO4/c1-8-5-10(13(18)9(2)7-12(16)17)14-11(6-8)15-3-4-19-14/h5-6,9,15H,3-4,7H2,1-2H3,(H,16,17). The number of anilines is 1. The molecule has 0 bridgehead atoms. The molecule has 0 saturated heterocycles. The Morgan fingerprint density at radius 2 is 2.21 bits per heavy atom. The lowest BCUT2D eigenvalue weighted by molar-refractivity contribution is -0.137. The van der Waals surface area contributed by atoms with E-state index in [-0.39, 0.29) is 12.2 Å². The molecule has 0 spiro atoms. The smallest absolute Gasteiger partial charge is 0.304 e. The molecule has 19 heavy (non-hydrogen) atoms. The van der Waals surface area contributed by atoms with E-state index in [2.05, 4.69) is 5.32 Å². The van der Waals surface area contributed by atoms with Crippen molar-refractivity contribution in [2.24, 2.45) is 5.92 Å². The van der Waals surface area contributed by atoms with Gasteiger partial charge in [-0.05, 0) is 24.6 Å². The highest BCUT2D eigenvalue weighted by Crippen LogP contribution is 2.34. The van der Waals surface area contributed by atoms with E-state index in [1.54, 1.807) is 13.0 Å². The third kappa shape index (κ3) is 2.86. The van der Waals surface area contributed by atoms with Crippen LogP contribution in [-0.2, 0) is 4.79 Å². The van der Waals surface area contributed by atoms with E-state index in [9.17, 15) is 9.59 Å². The molecular formula is C14H17NO4. The zero-order chi connectivity index (χ0) is 14.0. The molecule has 102 valence electrons. The second-order valence-electron chi connectivity index (χ2n) is 4.83. The minimum Gasteiger partial charge on any atom is -0.489 e. The maximum atomic E-state index is 12.3. The highest BCUT2D eigenvalue weighted by Gasteiger charge is 2.25. The summed E-state index contributed by atoms with van der Waals surface area (Å²) >= 11 is 0. The minimum absolute atomic E-state index is 0.172. The Morgan fingerprint density at radius 1 is 1.47 bits per heavy atom. The molecule has 0 aromatic heterocycles. The van der Waals surface area contributed by atoms with Gasteiger partial charge in [-0.1, -0.05) is 6.92 Å². The average molecular weight is 263 g/mol. The van der Waals surface area contributed by atoms with Crippen molar-refractivity contribution in [2.45, 2.75) is 20.3 Å². The van der Waals surface area contributed by atoms with Gasteiger partial charge in [-0.3, -0.25) is 9.59 Å². The molecule has 2 rings (SSSR count). The first-order valence-electron chi connectivity index (χ1n) is 6.26. The summed E-state index contributed by atoms with van der Waals surface area (Å²) in [4.78, 5) is 23.0. The SMILES string of the molecule is Cc1cc2c(c(C(=O)C(C)CC(=O)O)c1)OCCN2. The molecule has 1 aromatic rings. The van der Waals surface area contributed by atoms with Crippen molar-refractivity contribution in [1.82, 2.24) is 0 Å². The normalized spacial score (nSPS) is 14.8. The Labute approximate surface area is 111 Å². The Balaban J connectivity index is 2.36. The lowest BCUT2D eigenvalue weighted by Gasteiger charge is -2.23. The van der Waals surface area contributed by atoms with Crippen LogP contribution in [0.15, 0.2) is 12.1 Å². The predicted molar refractivity (Wildman–Crippen MR) is 70.9 cm³/mol. The van der Waals surface area contributed by atoms with Crippen LogP contribution in [0.1, 0.15) is 29.3 Å². The summed E-state index contributed by atoms with van der Waals surface area (Å²) in [6, 6.07) is 3.68. The summed E-state index contributed by atoms with van der Waals surface area (Å²) in [5, 5.41) is 12.0. The number of hydrogen-bond acceptors (Lipinski definition) is 4. The molecule has 1 aliphatic rings. The number of ketones is 1. The Kier molecular flexibility index (Phi) is 3.74. The number of ether oxygens (including phenoxy) is 1. The fraction of sp³-hybridized carbons (Fsp3) is 0.429. The van der Waals surface area contributed by atoms with Gasteiger partial charge in [0, 0.05) is 12.5 Å². The van der Waals surface area contributed by atoms with Crippen LogP contribution in [0.2, 0.25) is 0 Å². The zero-order valence-corrected chi connectivity index (χ0v) is 11.0. The molecular weight excluding hydrogens is 246 g/mol. The van der Waals surface area contributed by atoms with Crippen molar-refractivity contribution in [1.29, 1.82) is 0 Å². The average Bonchev–Trinajstić information content (AvgIpc) is 2.36. The van der Waals surface area contributed by atoms with Crippen LogP contribution in [0, 0.1) is 12.8 Å². The van der Waals surface area contributed by atoms with Crippen molar-refractivity contribution in [2.75, 3.05) is 18.5 Å². The van der Waals surface area contributed by atoms with Crippen molar-refractivity contribution < 1.29 is 19.4 Å². The lowest BCUT2D eigenvalue weighted by atomic mass is 9.94. The number of rotatable bonds is 4. The zero-order valence-electron chi connectivity index (χ0n) is 11.0. The Bertz CT molecular complexity index is 524. The second-order valence-corrected chi connectivity index (χ2v) is 4.83. The molecule has 1 heterocycles. The molecule has 5 nitrogen and oxygen atoms in total. The molecule has 1 aromatic carbocycles. The number of Topliss-reactive ketones (excluding diaryl/α,β-unsaturated/α-hetero) is 1. The number of carboxylic acids is 1. The third-order valence-electron chi connectivity index (χ3n) is 3.09. The van der Waals surface area contributed by atoms with Gasteiger partial charge in [0.2, 0.25) is 0 Å². The predicted octanol–water partition coefficient (Wildman–Crippen LogP) is 2.09. The maximum absolute atomic E-state index is 12.3. The van der Waals surface area contributed by atoms with Crippen LogP contribution < -0.4 is 10.1 Å². The summed E-state index contributed by atoms with van der Waals surface area (Å²) in [6.45, 7) is 4.73. The molecule has 0 saturated carbocycles. The van der Waals surface area contributed by atoms with Crippen LogP contribution in [0.5, 0.6) is 5.75 Å². The van der Waals surface area contributed by atoms with Crippen LogP contribution in [0.3, 0.4) is 0 Å². The minimum atomic E-state index is -0.971. The molecule has 1 atom stereocenters. The largest absolute Gasteiger partial charge is 0.489 e. The van der Waals surface area contributed by atoms with Crippen molar-refractivity contribution in [3.8, 4) is 5.75 Å². The van der Waals surface area contributed by atoms with E-state index < -0.39 is 11.9 Å². The van der Waals surface area contributed by atoms with Gasteiger partial charge in [-0.2, -0.15) is 0 Å². The highest BCUT2D eigenvalue weighted by atomic mass is 16.5. The number of carboxylic acid groups (broad SMARTS) is 1. The molecule has 0 fully saturated rings. The summed E-state index contributed by atoms with van der Waals surface area (Å²) < 4.78 is 5.56. The van der Waals surface area contributed by atoms with Gasteiger partial charge in [0.1, 0.15) is 6.61 Å². The third-order valence-corrected chi connectivity index (χ3v) is 3.09. The first-order chi connectivity index (χ1) is 8.99. The number of aliphatic carboxylic acids is 1. The van der Waals surface area contributed by atoms with E-state index in [0.717, 1.165) is 11.3 Å². The lowest BCUT2D eigenvalue weighted by Crippen LogP contribution is -2.22.